The summed E-state index contributed by atoms with van der Waals surface area (Å²) < 4.78 is 13.6. The lowest BCUT2D eigenvalue weighted by Gasteiger charge is -2.36. The standard InChI is InChI=1S/C29H38FN5.C5H11N.C3H6.C2H3N.C2H4/c1-6-8-9-10-12-24-13-11-14-27(21(24)3)33-16-15-25-26(19-33)31-28(7-2)32-29(25)35-18-17-34(20-35)23(5)22(4)30;1-6-4-2-3-5-6;1-3-2;1-2-3;1-2/h9-10,12,14H,3-8,11,13,15-20H2,1-2H3;2-5H2,1H3;3H,1H2,2H3;1H3;1-2H2/b10-9-,24-12-;;;;. The van der Waals surface area contributed by atoms with Crippen molar-refractivity contribution in [1.29, 1.82) is 5.26 Å². The van der Waals surface area contributed by atoms with Crippen LogP contribution < -0.4 is 4.90 Å². The van der Waals surface area contributed by atoms with Crippen molar-refractivity contribution in [2.75, 3.05) is 51.3 Å². The highest BCUT2D eigenvalue weighted by Crippen LogP contribution is 2.35. The summed E-state index contributed by atoms with van der Waals surface area (Å²) in [6.45, 7) is 35.0. The maximum atomic E-state index is 13.6. The first kappa shape index (κ1) is 42.8. The van der Waals surface area contributed by atoms with Crippen molar-refractivity contribution in [2.45, 2.75) is 85.6 Å². The first-order chi connectivity index (χ1) is 23.6. The third-order valence-electron chi connectivity index (χ3n) is 8.39. The second-order valence-corrected chi connectivity index (χ2v) is 12.1. The predicted octanol–water partition coefficient (Wildman–Crippen LogP) is 9.23. The molecule has 7 nitrogen and oxygen atoms in total. The van der Waals surface area contributed by atoms with Crippen molar-refractivity contribution < 1.29 is 4.39 Å². The molecule has 0 radical (unpaired) electrons. The molecule has 2 fully saturated rings. The molecule has 268 valence electrons. The van der Waals surface area contributed by atoms with E-state index in [1.807, 2.05) is 11.8 Å². The number of aromatic nitrogens is 2. The van der Waals surface area contributed by atoms with Crippen LogP contribution in [0.1, 0.15) is 83.3 Å². The van der Waals surface area contributed by atoms with Crippen molar-refractivity contribution >= 4 is 5.82 Å². The molecule has 0 amide bonds. The molecule has 0 unspecified atom stereocenters. The predicted molar refractivity (Wildman–Crippen MR) is 208 cm³/mol. The van der Waals surface area contributed by atoms with Crippen LogP contribution >= 0.6 is 0 Å². The summed E-state index contributed by atoms with van der Waals surface area (Å²) in [7, 11) is 2.17. The molecule has 1 aromatic rings. The Morgan fingerprint density at radius 2 is 1.69 bits per heavy atom. The summed E-state index contributed by atoms with van der Waals surface area (Å²) in [6, 6.07) is 1.75. The summed E-state index contributed by atoms with van der Waals surface area (Å²) in [5.41, 5.74) is 6.35. The number of hydrogen-bond acceptors (Lipinski definition) is 7. The van der Waals surface area contributed by atoms with E-state index in [0.717, 1.165) is 81.1 Å². The monoisotopic (exact) mass is 672 g/mol. The van der Waals surface area contributed by atoms with Crippen molar-refractivity contribution in [1.82, 2.24) is 24.7 Å². The normalized spacial score (nSPS) is 17.6. The number of likely N-dealkylation sites (tertiary alicyclic amines) is 1. The molecule has 4 heterocycles. The van der Waals surface area contributed by atoms with Crippen LogP contribution in [0.15, 0.2) is 98.2 Å². The number of allylic oxidation sites excluding steroid dienone is 7. The average molecular weight is 672 g/mol. The molecule has 5 rings (SSSR count). The molecule has 0 spiro atoms. The van der Waals surface area contributed by atoms with E-state index in [4.69, 9.17) is 15.2 Å². The highest BCUT2D eigenvalue weighted by Gasteiger charge is 2.31. The molecule has 3 aliphatic heterocycles. The first-order valence-corrected chi connectivity index (χ1v) is 17.6. The zero-order chi connectivity index (χ0) is 36.8. The van der Waals surface area contributed by atoms with Gasteiger partial charge in [-0.05, 0) is 76.7 Å². The molecule has 0 bridgehead atoms. The van der Waals surface area contributed by atoms with Crippen LogP contribution in [0, 0.1) is 11.3 Å². The Kier molecular flexibility index (Phi) is 21.0. The van der Waals surface area contributed by atoms with E-state index < -0.39 is 5.83 Å². The lowest BCUT2D eigenvalue weighted by atomic mass is 9.91. The van der Waals surface area contributed by atoms with Crippen LogP contribution in [0.2, 0.25) is 0 Å². The average Bonchev–Trinajstić information content (AvgIpc) is 3.80. The molecular formula is C41H62FN7. The Labute approximate surface area is 297 Å². The number of rotatable bonds is 8. The van der Waals surface area contributed by atoms with Gasteiger partial charge in [-0.2, -0.15) is 5.26 Å². The SMILES string of the molecule is C=C.C=C(F)C(=C)N1CCN(c2nc(CC)nc3c2CCN(C2=CCC/C(=C/C=C\CCC)C2=C)C3)C1.C=CC.CC#N.CN1CCCC1. The fourth-order valence-electron chi connectivity index (χ4n) is 5.87. The Morgan fingerprint density at radius 1 is 1.04 bits per heavy atom. The van der Waals surface area contributed by atoms with Gasteiger partial charge in [0, 0.05) is 44.2 Å². The number of anilines is 1. The molecule has 0 N–H and O–H groups in total. The van der Waals surface area contributed by atoms with Gasteiger partial charge in [0.15, 0.2) is 0 Å². The van der Waals surface area contributed by atoms with Crippen LogP contribution in [0.4, 0.5) is 10.2 Å². The quantitative estimate of drug-likeness (QED) is 0.202. The highest BCUT2D eigenvalue weighted by molar-refractivity contribution is 5.53. The van der Waals surface area contributed by atoms with Gasteiger partial charge in [-0.25, -0.2) is 14.4 Å². The molecule has 1 aromatic heterocycles. The molecule has 4 aliphatic rings. The summed E-state index contributed by atoms with van der Waals surface area (Å²) in [4.78, 5) is 18.8. The molecule has 49 heavy (non-hydrogen) atoms. The van der Waals surface area contributed by atoms with E-state index in [9.17, 15) is 4.39 Å². The van der Waals surface area contributed by atoms with Crippen molar-refractivity contribution in [3.05, 3.63) is 115 Å². The van der Waals surface area contributed by atoms with Crippen LogP contribution in [-0.4, -0.2) is 71.1 Å². The first-order valence-electron chi connectivity index (χ1n) is 17.6. The summed E-state index contributed by atoms with van der Waals surface area (Å²) >= 11 is 0. The molecule has 0 atom stereocenters. The molecule has 2 saturated heterocycles. The number of halogens is 1. The second-order valence-electron chi connectivity index (χ2n) is 12.1. The van der Waals surface area contributed by atoms with Gasteiger partial charge in [0.2, 0.25) is 0 Å². The Bertz CT molecular complexity index is 1360. The fraction of sp³-hybridized carbons (Fsp3) is 0.488. The minimum absolute atomic E-state index is 0.355. The molecule has 0 saturated carbocycles. The van der Waals surface area contributed by atoms with Gasteiger partial charge in [0.05, 0.1) is 30.7 Å². The maximum absolute atomic E-state index is 13.6. The number of nitriles is 1. The van der Waals surface area contributed by atoms with E-state index in [0.29, 0.717) is 18.9 Å². The fourth-order valence-corrected chi connectivity index (χ4v) is 5.87. The number of nitrogens with zero attached hydrogens (tertiary/aromatic N) is 7. The Hall–Kier alpha value is -4.22. The van der Waals surface area contributed by atoms with Gasteiger partial charge in [-0.3, -0.25) is 0 Å². The third-order valence-corrected chi connectivity index (χ3v) is 8.39. The van der Waals surface area contributed by atoms with E-state index in [1.54, 1.807) is 12.1 Å². The van der Waals surface area contributed by atoms with Crippen LogP contribution in [0.25, 0.3) is 0 Å². The minimum Gasteiger partial charge on any atom is -0.365 e. The van der Waals surface area contributed by atoms with Gasteiger partial charge in [0.25, 0.3) is 0 Å². The number of aryl methyl sites for hydroxylation is 1. The second kappa shape index (κ2) is 24.0. The summed E-state index contributed by atoms with van der Waals surface area (Å²) in [6.07, 6.45) is 19.6. The molecule has 0 aromatic carbocycles. The largest absolute Gasteiger partial charge is 0.365 e. The van der Waals surface area contributed by atoms with Gasteiger partial charge < -0.3 is 19.6 Å². The molecule has 8 heteroatoms. The Balaban J connectivity index is 0.000000726. The Morgan fingerprint density at radius 3 is 2.24 bits per heavy atom. The van der Waals surface area contributed by atoms with Crippen molar-refractivity contribution in [3.63, 3.8) is 0 Å². The van der Waals surface area contributed by atoms with Gasteiger partial charge >= 0.3 is 0 Å². The zero-order valence-electron chi connectivity index (χ0n) is 31.2. The third kappa shape index (κ3) is 13.7. The van der Waals surface area contributed by atoms with Crippen LogP contribution in [0.3, 0.4) is 0 Å². The molecule has 1 aliphatic carbocycles. The van der Waals surface area contributed by atoms with Crippen molar-refractivity contribution in [3.8, 4) is 6.07 Å². The summed E-state index contributed by atoms with van der Waals surface area (Å²) in [5.74, 6) is 1.37. The topological polar surface area (TPSA) is 62.5 Å². The van der Waals surface area contributed by atoms with E-state index >= 15 is 0 Å². The van der Waals surface area contributed by atoms with Gasteiger partial charge in [0.1, 0.15) is 17.5 Å². The highest BCUT2D eigenvalue weighted by atomic mass is 19.1. The molecular weight excluding hydrogens is 609 g/mol. The number of unbranched alkanes of at least 4 members (excludes halogenated alkanes) is 1. The van der Waals surface area contributed by atoms with Crippen LogP contribution in [0.5, 0.6) is 0 Å². The lowest BCUT2D eigenvalue weighted by Crippen LogP contribution is -2.35. The van der Waals surface area contributed by atoms with E-state index in [1.165, 1.54) is 49.7 Å². The van der Waals surface area contributed by atoms with E-state index in [-0.39, 0.29) is 0 Å². The van der Waals surface area contributed by atoms with Crippen molar-refractivity contribution in [2.24, 2.45) is 0 Å². The van der Waals surface area contributed by atoms with E-state index in [2.05, 4.69) is 99.4 Å². The van der Waals surface area contributed by atoms with Gasteiger partial charge in [-0.1, -0.05) is 70.4 Å². The minimum atomic E-state index is -0.475. The number of hydrogen-bond donors (Lipinski definition) is 0. The summed E-state index contributed by atoms with van der Waals surface area (Å²) in [5, 5.41) is 7.32. The zero-order valence-corrected chi connectivity index (χ0v) is 31.2. The number of fused-ring (bicyclic) bond motifs is 1. The smallest absolute Gasteiger partial charge is 0.138 e. The van der Waals surface area contributed by atoms with Crippen LogP contribution in [-0.2, 0) is 19.4 Å². The maximum Gasteiger partial charge on any atom is 0.138 e. The lowest BCUT2D eigenvalue weighted by molar-refractivity contribution is 0.319. The van der Waals surface area contributed by atoms with Gasteiger partial charge in [-0.15, -0.1) is 19.7 Å².